The van der Waals surface area contributed by atoms with E-state index in [2.05, 4.69) is 20.8 Å². The Morgan fingerprint density at radius 1 is 1.36 bits per heavy atom. The Balaban J connectivity index is 1.69. The standard InChI is InChI=1S/C17H17N5O3/c1-11(22-14-6-4-3-5-13(14)19-21-22)17(24)20-18-10-12-7-8-15(23)16(9-12)25-2/h3-11,23H,1-2H3,(H,20,24)/t11-/m1/s1. The van der Waals surface area contributed by atoms with Gasteiger partial charge in [0.05, 0.1) is 18.8 Å². The maximum Gasteiger partial charge on any atom is 0.264 e. The van der Waals surface area contributed by atoms with Crippen molar-refractivity contribution >= 4 is 23.2 Å². The topological polar surface area (TPSA) is 102 Å². The molecule has 128 valence electrons. The number of hydrogen-bond donors (Lipinski definition) is 2. The molecular formula is C17H17N5O3. The van der Waals surface area contributed by atoms with Crippen LogP contribution >= 0.6 is 0 Å². The number of hydrazone groups is 1. The summed E-state index contributed by atoms with van der Waals surface area (Å²) in [5, 5.41) is 21.6. The number of nitrogens with zero attached hydrogens (tertiary/aromatic N) is 4. The van der Waals surface area contributed by atoms with Gasteiger partial charge in [0.25, 0.3) is 5.91 Å². The molecule has 3 aromatic rings. The summed E-state index contributed by atoms with van der Waals surface area (Å²) in [4.78, 5) is 12.3. The third kappa shape index (κ3) is 3.42. The van der Waals surface area contributed by atoms with Gasteiger partial charge in [-0.3, -0.25) is 4.79 Å². The quantitative estimate of drug-likeness (QED) is 0.546. The van der Waals surface area contributed by atoms with Crippen LogP contribution in [0.15, 0.2) is 47.6 Å². The average Bonchev–Trinajstić information content (AvgIpc) is 3.06. The van der Waals surface area contributed by atoms with Crippen LogP contribution in [0.4, 0.5) is 0 Å². The van der Waals surface area contributed by atoms with E-state index in [9.17, 15) is 9.90 Å². The molecular weight excluding hydrogens is 322 g/mol. The maximum absolute atomic E-state index is 12.3. The Kier molecular flexibility index (Phi) is 4.60. The second-order valence-electron chi connectivity index (χ2n) is 5.36. The van der Waals surface area contributed by atoms with Crippen LogP contribution < -0.4 is 10.2 Å². The van der Waals surface area contributed by atoms with Crippen molar-refractivity contribution in [1.29, 1.82) is 0 Å². The first-order valence-corrected chi connectivity index (χ1v) is 7.60. The normalized spacial score (nSPS) is 12.4. The summed E-state index contributed by atoms with van der Waals surface area (Å²) in [6, 6.07) is 11.6. The van der Waals surface area contributed by atoms with E-state index < -0.39 is 6.04 Å². The van der Waals surface area contributed by atoms with Gasteiger partial charge in [-0.25, -0.2) is 10.1 Å². The molecule has 1 heterocycles. The molecule has 2 aromatic carbocycles. The number of carbonyl (C=O) groups excluding carboxylic acids is 1. The molecule has 0 saturated heterocycles. The number of benzene rings is 2. The van der Waals surface area contributed by atoms with Crippen molar-refractivity contribution in [3.05, 3.63) is 48.0 Å². The number of aromatic hydroxyl groups is 1. The number of aromatic nitrogens is 3. The lowest BCUT2D eigenvalue weighted by Gasteiger charge is -2.10. The maximum atomic E-state index is 12.3. The second-order valence-corrected chi connectivity index (χ2v) is 5.36. The van der Waals surface area contributed by atoms with Crippen LogP contribution in [0.2, 0.25) is 0 Å². The number of amides is 1. The van der Waals surface area contributed by atoms with Gasteiger partial charge in [0, 0.05) is 0 Å². The van der Waals surface area contributed by atoms with Gasteiger partial charge >= 0.3 is 0 Å². The summed E-state index contributed by atoms with van der Waals surface area (Å²) < 4.78 is 6.57. The molecule has 0 aliphatic rings. The highest BCUT2D eigenvalue weighted by molar-refractivity contribution is 5.85. The summed E-state index contributed by atoms with van der Waals surface area (Å²) in [5.41, 5.74) is 4.65. The van der Waals surface area contributed by atoms with Crippen molar-refractivity contribution in [2.45, 2.75) is 13.0 Å². The van der Waals surface area contributed by atoms with Crippen LogP contribution in [-0.4, -0.2) is 39.3 Å². The lowest BCUT2D eigenvalue weighted by Crippen LogP contribution is -2.28. The van der Waals surface area contributed by atoms with E-state index in [1.165, 1.54) is 19.4 Å². The SMILES string of the molecule is COc1cc(C=NNC(=O)[C@@H](C)n2nnc3ccccc32)ccc1O. The van der Waals surface area contributed by atoms with Crippen molar-refractivity contribution in [2.75, 3.05) is 7.11 Å². The molecule has 2 N–H and O–H groups in total. The molecule has 0 spiro atoms. The number of phenolic OH excluding ortho intramolecular Hbond substituents is 1. The Hall–Kier alpha value is -3.42. The van der Waals surface area contributed by atoms with E-state index in [0.717, 1.165) is 11.0 Å². The fraction of sp³-hybridized carbons (Fsp3) is 0.176. The van der Waals surface area contributed by atoms with E-state index >= 15 is 0 Å². The molecule has 0 bridgehead atoms. The third-order valence-corrected chi connectivity index (χ3v) is 3.72. The zero-order valence-corrected chi connectivity index (χ0v) is 13.7. The number of para-hydroxylation sites is 1. The lowest BCUT2D eigenvalue weighted by molar-refractivity contribution is -0.124. The summed E-state index contributed by atoms with van der Waals surface area (Å²) >= 11 is 0. The molecule has 0 aliphatic heterocycles. The smallest absolute Gasteiger partial charge is 0.264 e. The minimum absolute atomic E-state index is 0.0374. The van der Waals surface area contributed by atoms with E-state index in [1.807, 2.05) is 24.3 Å². The van der Waals surface area contributed by atoms with Crippen molar-refractivity contribution in [1.82, 2.24) is 20.4 Å². The van der Waals surface area contributed by atoms with Crippen molar-refractivity contribution < 1.29 is 14.6 Å². The predicted octanol–water partition coefficient (Wildman–Crippen LogP) is 1.86. The highest BCUT2D eigenvalue weighted by atomic mass is 16.5. The summed E-state index contributed by atoms with van der Waals surface area (Å²) in [5.74, 6) is 0.0470. The van der Waals surface area contributed by atoms with Gasteiger partial charge in [-0.15, -0.1) is 5.10 Å². The Morgan fingerprint density at radius 2 is 2.16 bits per heavy atom. The fourth-order valence-electron chi connectivity index (χ4n) is 2.32. The second kappa shape index (κ2) is 7.00. The average molecular weight is 339 g/mol. The molecule has 0 saturated carbocycles. The molecule has 3 rings (SSSR count). The number of hydrogen-bond acceptors (Lipinski definition) is 6. The van der Waals surface area contributed by atoms with Gasteiger partial charge in [-0.05, 0) is 42.8 Å². The molecule has 1 atom stereocenters. The summed E-state index contributed by atoms with van der Waals surface area (Å²) in [7, 11) is 1.46. The summed E-state index contributed by atoms with van der Waals surface area (Å²) in [6.45, 7) is 1.72. The zero-order chi connectivity index (χ0) is 17.8. The summed E-state index contributed by atoms with van der Waals surface area (Å²) in [6.07, 6.45) is 1.46. The van der Waals surface area contributed by atoms with Gasteiger partial charge in [0.2, 0.25) is 0 Å². The number of rotatable bonds is 5. The first-order chi connectivity index (χ1) is 12.1. The Morgan fingerprint density at radius 3 is 2.96 bits per heavy atom. The van der Waals surface area contributed by atoms with Gasteiger partial charge < -0.3 is 9.84 Å². The fourth-order valence-corrected chi connectivity index (χ4v) is 2.32. The van der Waals surface area contributed by atoms with E-state index in [0.29, 0.717) is 11.3 Å². The zero-order valence-electron chi connectivity index (χ0n) is 13.7. The largest absolute Gasteiger partial charge is 0.504 e. The first kappa shape index (κ1) is 16.4. The number of fused-ring (bicyclic) bond motifs is 1. The minimum Gasteiger partial charge on any atom is -0.504 e. The Labute approximate surface area is 143 Å². The third-order valence-electron chi connectivity index (χ3n) is 3.72. The highest BCUT2D eigenvalue weighted by Gasteiger charge is 2.18. The molecule has 25 heavy (non-hydrogen) atoms. The molecule has 1 aromatic heterocycles. The predicted molar refractivity (Wildman–Crippen MR) is 92.6 cm³/mol. The molecule has 8 heteroatoms. The molecule has 0 aliphatic carbocycles. The molecule has 0 unspecified atom stereocenters. The minimum atomic E-state index is -0.570. The van der Waals surface area contributed by atoms with Gasteiger partial charge in [-0.2, -0.15) is 5.10 Å². The van der Waals surface area contributed by atoms with Crippen LogP contribution in [0.1, 0.15) is 18.5 Å². The number of carbonyl (C=O) groups is 1. The molecule has 8 nitrogen and oxygen atoms in total. The first-order valence-electron chi connectivity index (χ1n) is 7.60. The van der Waals surface area contributed by atoms with Gasteiger partial charge in [0.1, 0.15) is 11.6 Å². The number of nitrogens with one attached hydrogen (secondary N) is 1. The van der Waals surface area contributed by atoms with Crippen LogP contribution in [0, 0.1) is 0 Å². The van der Waals surface area contributed by atoms with Crippen LogP contribution in [0.5, 0.6) is 11.5 Å². The van der Waals surface area contributed by atoms with E-state index in [4.69, 9.17) is 4.74 Å². The number of methoxy groups -OCH3 is 1. The number of ether oxygens (including phenoxy) is 1. The van der Waals surface area contributed by atoms with Crippen molar-refractivity contribution in [2.24, 2.45) is 5.10 Å². The molecule has 0 radical (unpaired) electrons. The van der Waals surface area contributed by atoms with Gasteiger partial charge in [-0.1, -0.05) is 17.3 Å². The number of phenols is 1. The molecule has 0 fully saturated rings. The van der Waals surface area contributed by atoms with Gasteiger partial charge in [0.15, 0.2) is 11.5 Å². The van der Waals surface area contributed by atoms with Crippen molar-refractivity contribution in [3.63, 3.8) is 0 Å². The van der Waals surface area contributed by atoms with Crippen LogP contribution in [0.3, 0.4) is 0 Å². The highest BCUT2D eigenvalue weighted by Crippen LogP contribution is 2.25. The van der Waals surface area contributed by atoms with Crippen LogP contribution in [0.25, 0.3) is 11.0 Å². The Bertz CT molecular complexity index is 935. The van der Waals surface area contributed by atoms with E-state index in [-0.39, 0.29) is 11.7 Å². The lowest BCUT2D eigenvalue weighted by atomic mass is 10.2. The molecule has 1 amide bonds. The van der Waals surface area contributed by atoms with E-state index in [1.54, 1.807) is 23.7 Å². The van der Waals surface area contributed by atoms with Crippen LogP contribution in [-0.2, 0) is 4.79 Å². The monoisotopic (exact) mass is 339 g/mol. The van der Waals surface area contributed by atoms with Crippen molar-refractivity contribution in [3.8, 4) is 11.5 Å².